The highest BCUT2D eigenvalue weighted by atomic mass is 32.2. The Labute approximate surface area is 483 Å². The van der Waals surface area contributed by atoms with Crippen LogP contribution >= 0.6 is 47.0 Å². The zero-order valence-corrected chi connectivity index (χ0v) is 55.1. The van der Waals surface area contributed by atoms with Crippen molar-refractivity contribution in [1.29, 1.82) is 0 Å². The minimum Gasteiger partial charge on any atom is -0.518 e. The fraction of sp³-hybridized carbons (Fsp3) is 0.455. The van der Waals surface area contributed by atoms with Crippen LogP contribution in [0.3, 0.4) is 0 Å². The average molecular weight is 1140 g/mol. The third-order valence-corrected chi connectivity index (χ3v) is 29.2. The number of hydrogen-bond acceptors (Lipinski definition) is 9. The van der Waals surface area contributed by atoms with Crippen molar-refractivity contribution >= 4 is 64.2 Å². The van der Waals surface area contributed by atoms with Crippen LogP contribution in [0, 0.1) is 0 Å². The number of ether oxygens (including phenoxy) is 2. The van der Waals surface area contributed by atoms with Crippen LogP contribution in [-0.2, 0) is 39.0 Å². The van der Waals surface area contributed by atoms with Crippen LogP contribution in [0.15, 0.2) is 148 Å². The Morgan fingerprint density at radius 1 is 0.364 bits per heavy atom. The van der Waals surface area contributed by atoms with E-state index in [1.165, 1.54) is 22.3 Å². The lowest BCUT2D eigenvalue weighted by atomic mass is 9.87. The monoisotopic (exact) mass is 1140 g/mol. The smallest absolute Gasteiger partial charge is 0.396 e. The first kappa shape index (κ1) is 59.4. The lowest BCUT2D eigenvalue weighted by molar-refractivity contribution is 0.266. The van der Waals surface area contributed by atoms with E-state index in [1.54, 1.807) is 47.0 Å². The molecule has 8 rings (SSSR count). The Bertz CT molecular complexity index is 2850. The molecule has 11 heteroatoms. The van der Waals surface area contributed by atoms with E-state index in [2.05, 4.69) is 248 Å². The van der Waals surface area contributed by atoms with Gasteiger partial charge in [-0.1, -0.05) is 246 Å². The average Bonchev–Trinajstić information content (AvgIpc) is 3.35. The van der Waals surface area contributed by atoms with Crippen molar-refractivity contribution in [3.8, 4) is 23.0 Å². The molecule has 0 unspecified atom stereocenters. The van der Waals surface area contributed by atoms with Gasteiger partial charge in [-0.05, 0) is 104 Å². The van der Waals surface area contributed by atoms with Gasteiger partial charge in [-0.25, -0.2) is 0 Å². The standard InChI is InChI=1S/C66H86O5S4Si2/c1-41(2)76(42(3)4)69-61-55-35-49(65(15,16)17)37-57(61)75-58-38-50(66(18,19)20)36-56(62(58)70-77(71-76,43(5)6)44(7)8)74-54-34-48(64(12,13)14)32-52(60(54)68-40-46-29-25-22-26-30-46)72-51-31-47(63(9,10)11)33-53(73-55)59(51)67-39-45-27-23-21-24-28-45/h21-38,41-44H,39-40H2,1-20H3. The van der Waals surface area contributed by atoms with E-state index in [0.717, 1.165) is 73.3 Å². The molecule has 5 nitrogen and oxygen atoms in total. The van der Waals surface area contributed by atoms with Crippen LogP contribution in [0.2, 0.25) is 22.2 Å². The maximum Gasteiger partial charge on any atom is 0.396 e. The summed E-state index contributed by atoms with van der Waals surface area (Å²) in [6.45, 7) is 47.2. The predicted octanol–water partition coefficient (Wildman–Crippen LogP) is 21.3. The molecule has 0 saturated carbocycles. The molecule has 6 aromatic rings. The summed E-state index contributed by atoms with van der Waals surface area (Å²) in [5.74, 6) is 3.44. The third kappa shape index (κ3) is 12.9. The predicted molar refractivity (Wildman–Crippen MR) is 333 cm³/mol. The van der Waals surface area contributed by atoms with Crippen LogP contribution in [0.5, 0.6) is 23.0 Å². The highest BCUT2D eigenvalue weighted by molar-refractivity contribution is 8.01. The minimum atomic E-state index is -3.30. The van der Waals surface area contributed by atoms with E-state index in [-0.39, 0.29) is 43.8 Å². The zero-order valence-electron chi connectivity index (χ0n) is 49.8. The summed E-state index contributed by atoms with van der Waals surface area (Å²) in [5, 5.41) is 0. The van der Waals surface area contributed by atoms with Gasteiger partial charge in [-0.3, -0.25) is 0 Å². The number of rotatable bonds is 10. The fourth-order valence-electron chi connectivity index (χ4n) is 9.95. The van der Waals surface area contributed by atoms with Crippen molar-refractivity contribution < 1.29 is 22.4 Å². The van der Waals surface area contributed by atoms with Crippen molar-refractivity contribution in [2.75, 3.05) is 0 Å². The highest BCUT2D eigenvalue weighted by Crippen LogP contribution is 2.59. The fourth-order valence-corrected chi connectivity index (χ4v) is 25.7. The molecule has 0 aromatic heterocycles. The van der Waals surface area contributed by atoms with Crippen molar-refractivity contribution in [3.63, 3.8) is 0 Å². The Balaban J connectivity index is 1.60. The van der Waals surface area contributed by atoms with E-state index in [9.17, 15) is 0 Å². The molecule has 0 saturated heterocycles. The van der Waals surface area contributed by atoms with Crippen LogP contribution < -0.4 is 18.3 Å². The summed E-state index contributed by atoms with van der Waals surface area (Å²) in [5.41, 5.74) is 6.61. The molecule has 6 aromatic carbocycles. The minimum absolute atomic E-state index is 0.0786. The molecule has 0 fully saturated rings. The second kappa shape index (κ2) is 22.7. The SMILES string of the molecule is CC(C)[Si]1(C(C)C)Oc2c3cc(C(C)(C)C)cc2Sc2cc(C(C)(C)C)cc(c2O[Si](C(C)C)(C(C)C)O1)Sc1cc(C(C)(C)C)cc(c1OCc1ccccc1)Sc1cc(C(C)(C)C)cc(c1OCc1ccccc1)S3. The molecule has 0 radical (unpaired) electrons. The van der Waals surface area contributed by atoms with E-state index in [4.69, 9.17) is 22.4 Å². The molecule has 2 aliphatic rings. The highest BCUT2D eigenvalue weighted by Gasteiger charge is 2.60. The van der Waals surface area contributed by atoms with Crippen LogP contribution in [0.1, 0.15) is 172 Å². The molecular weight excluding hydrogens is 1060 g/mol. The van der Waals surface area contributed by atoms with Gasteiger partial charge in [-0.15, -0.1) is 0 Å². The van der Waals surface area contributed by atoms with Crippen LogP contribution in [0.4, 0.5) is 0 Å². The Hall–Kier alpha value is -3.69. The quantitative estimate of drug-likeness (QED) is 0.125. The first-order valence-corrected chi connectivity index (χ1v) is 35.0. The molecule has 77 heavy (non-hydrogen) atoms. The van der Waals surface area contributed by atoms with Crippen LogP contribution in [-0.4, -0.2) is 17.1 Å². The number of benzene rings is 6. The first-order chi connectivity index (χ1) is 35.9. The third-order valence-electron chi connectivity index (χ3n) is 14.9. The van der Waals surface area contributed by atoms with E-state index < -0.39 is 17.1 Å². The topological polar surface area (TPSA) is 46.2 Å². The number of fused-ring (bicyclic) bond motifs is 4. The van der Waals surface area contributed by atoms with Gasteiger partial charge in [-0.2, -0.15) is 0 Å². The van der Waals surface area contributed by atoms with Gasteiger partial charge >= 0.3 is 17.1 Å². The molecule has 0 spiro atoms. The molecule has 412 valence electrons. The zero-order chi connectivity index (χ0) is 56.2. The molecule has 2 aliphatic heterocycles. The summed E-state index contributed by atoms with van der Waals surface area (Å²) in [6, 6.07) is 40.2. The molecular formula is C66H86O5S4Si2. The summed E-state index contributed by atoms with van der Waals surface area (Å²) in [6.07, 6.45) is 0. The summed E-state index contributed by atoms with van der Waals surface area (Å²) < 4.78 is 39.3. The van der Waals surface area contributed by atoms with Gasteiger partial charge < -0.3 is 22.4 Å². The second-order valence-corrected chi connectivity index (χ2v) is 39.6. The van der Waals surface area contributed by atoms with Gasteiger partial charge in [0.05, 0.1) is 39.2 Å². The molecule has 0 atom stereocenters. The lowest BCUT2D eigenvalue weighted by Gasteiger charge is -2.48. The van der Waals surface area contributed by atoms with Gasteiger partial charge in [0.15, 0.2) is 0 Å². The summed E-state index contributed by atoms with van der Waals surface area (Å²) in [4.78, 5) is 8.34. The second-order valence-electron chi connectivity index (χ2n) is 26.5. The van der Waals surface area contributed by atoms with Gasteiger partial charge in [0.2, 0.25) is 0 Å². The molecule has 0 N–H and O–H groups in total. The lowest BCUT2D eigenvalue weighted by Crippen LogP contribution is -2.64. The van der Waals surface area contributed by atoms with Crippen molar-refractivity contribution in [2.24, 2.45) is 0 Å². The Kier molecular flexibility index (Phi) is 17.5. The summed E-state index contributed by atoms with van der Waals surface area (Å²) >= 11 is 7.09. The van der Waals surface area contributed by atoms with E-state index in [1.807, 2.05) is 0 Å². The van der Waals surface area contributed by atoms with Crippen molar-refractivity contribution in [3.05, 3.63) is 143 Å². The van der Waals surface area contributed by atoms with Crippen LogP contribution in [0.25, 0.3) is 0 Å². The normalized spacial score (nSPS) is 15.7. The van der Waals surface area contributed by atoms with Gasteiger partial charge in [0, 0.05) is 22.2 Å². The van der Waals surface area contributed by atoms with Gasteiger partial charge in [0.1, 0.15) is 36.2 Å². The Morgan fingerprint density at radius 2 is 0.597 bits per heavy atom. The molecule has 2 heterocycles. The van der Waals surface area contributed by atoms with Gasteiger partial charge in [0.25, 0.3) is 0 Å². The first-order valence-electron chi connectivity index (χ1n) is 27.8. The van der Waals surface area contributed by atoms with Crippen molar-refractivity contribution in [2.45, 2.75) is 235 Å². The Morgan fingerprint density at radius 3 is 0.844 bits per heavy atom. The number of hydrogen-bond donors (Lipinski definition) is 0. The molecule has 10 bridgehead atoms. The molecule has 0 aliphatic carbocycles. The molecule has 0 amide bonds. The largest absolute Gasteiger partial charge is 0.518 e. The maximum absolute atomic E-state index is 8.30. The maximum atomic E-state index is 8.30. The van der Waals surface area contributed by atoms with E-state index in [0.29, 0.717) is 13.2 Å². The van der Waals surface area contributed by atoms with Crippen molar-refractivity contribution in [1.82, 2.24) is 0 Å². The van der Waals surface area contributed by atoms with E-state index >= 15 is 0 Å². The summed E-state index contributed by atoms with van der Waals surface area (Å²) in [7, 11) is -6.60.